The molecule has 0 saturated carbocycles. The van der Waals surface area contributed by atoms with Gasteiger partial charge >= 0.3 is 0 Å². The number of rotatable bonds is 2. The summed E-state index contributed by atoms with van der Waals surface area (Å²) in [6.07, 6.45) is 0.628. The van der Waals surface area contributed by atoms with Gasteiger partial charge in [-0.2, -0.15) is 0 Å². The largest absolute Gasteiger partial charge is 0.383 e. The van der Waals surface area contributed by atoms with Crippen LogP contribution in [0, 0.1) is 13.8 Å². The fourth-order valence-corrected chi connectivity index (χ4v) is 2.16. The van der Waals surface area contributed by atoms with Crippen LogP contribution >= 0.6 is 27.3 Å². The normalized spacial score (nSPS) is 10.7. The van der Waals surface area contributed by atoms with Crippen molar-refractivity contribution in [3.05, 3.63) is 32.1 Å². The zero-order chi connectivity index (χ0) is 11.7. The van der Waals surface area contributed by atoms with Crippen LogP contribution in [0.25, 0.3) is 0 Å². The van der Waals surface area contributed by atoms with Crippen molar-refractivity contribution in [1.82, 2.24) is 15.0 Å². The van der Waals surface area contributed by atoms with Crippen LogP contribution in [-0.4, -0.2) is 15.0 Å². The van der Waals surface area contributed by atoms with Crippen LogP contribution < -0.4 is 5.73 Å². The maximum absolute atomic E-state index is 5.76. The average Bonchev–Trinajstić information content (AvgIpc) is 2.60. The van der Waals surface area contributed by atoms with Crippen molar-refractivity contribution < 1.29 is 0 Å². The summed E-state index contributed by atoms with van der Waals surface area (Å²) in [7, 11) is 0. The molecule has 2 aromatic rings. The maximum atomic E-state index is 5.76. The molecule has 0 aliphatic rings. The Hall–Kier alpha value is -1.01. The van der Waals surface area contributed by atoms with Crippen LogP contribution in [0.1, 0.15) is 22.2 Å². The number of anilines is 1. The molecule has 16 heavy (non-hydrogen) atoms. The average molecular weight is 299 g/mol. The monoisotopic (exact) mass is 298 g/mol. The molecule has 0 saturated heterocycles. The summed E-state index contributed by atoms with van der Waals surface area (Å²) in [6, 6.07) is 0. The molecule has 0 fully saturated rings. The minimum absolute atomic E-state index is 0.481. The molecule has 0 atom stereocenters. The predicted octanol–water partition coefficient (Wildman–Crippen LogP) is 2.49. The van der Waals surface area contributed by atoms with Gasteiger partial charge < -0.3 is 5.73 Å². The van der Waals surface area contributed by atoms with E-state index in [-0.39, 0.29) is 0 Å². The third-order valence-corrected chi connectivity index (χ3v) is 3.90. The Balaban J connectivity index is 2.28. The van der Waals surface area contributed by atoms with Gasteiger partial charge in [-0.1, -0.05) is 0 Å². The van der Waals surface area contributed by atoms with E-state index in [1.807, 2.05) is 19.2 Å². The number of aromatic nitrogens is 3. The molecule has 0 amide bonds. The van der Waals surface area contributed by atoms with Crippen LogP contribution in [-0.2, 0) is 6.42 Å². The zero-order valence-corrected chi connectivity index (χ0v) is 11.4. The first-order chi connectivity index (χ1) is 7.56. The van der Waals surface area contributed by atoms with Gasteiger partial charge in [0.25, 0.3) is 0 Å². The number of nitrogens with zero attached hydrogens (tertiary/aromatic N) is 3. The first-order valence-electron chi connectivity index (χ1n) is 4.75. The van der Waals surface area contributed by atoms with Crippen molar-refractivity contribution >= 4 is 33.1 Å². The van der Waals surface area contributed by atoms with E-state index in [1.165, 1.54) is 0 Å². The summed E-state index contributed by atoms with van der Waals surface area (Å²) in [5, 5.41) is 3.07. The van der Waals surface area contributed by atoms with E-state index in [0.717, 1.165) is 20.9 Å². The Bertz CT molecular complexity index is 500. The molecule has 2 heterocycles. The zero-order valence-electron chi connectivity index (χ0n) is 8.99. The fourth-order valence-electron chi connectivity index (χ4n) is 1.37. The minimum Gasteiger partial charge on any atom is -0.383 e. The Labute approximate surface area is 106 Å². The highest BCUT2D eigenvalue weighted by Gasteiger charge is 2.08. The predicted molar refractivity (Wildman–Crippen MR) is 68.5 cm³/mol. The minimum atomic E-state index is 0.481. The van der Waals surface area contributed by atoms with E-state index in [4.69, 9.17) is 5.73 Å². The lowest BCUT2D eigenvalue weighted by Crippen LogP contribution is -2.04. The molecule has 0 bridgehead atoms. The van der Waals surface area contributed by atoms with E-state index >= 15 is 0 Å². The van der Waals surface area contributed by atoms with E-state index in [9.17, 15) is 0 Å². The summed E-state index contributed by atoms with van der Waals surface area (Å²) in [4.78, 5) is 13.0. The molecule has 84 valence electrons. The molecule has 0 spiro atoms. The molecule has 4 nitrogen and oxygen atoms in total. The molecular formula is C10H11BrN4S. The van der Waals surface area contributed by atoms with Gasteiger partial charge in [-0.25, -0.2) is 15.0 Å². The van der Waals surface area contributed by atoms with Gasteiger partial charge in [0.15, 0.2) is 0 Å². The Morgan fingerprint density at radius 3 is 2.62 bits per heavy atom. The third kappa shape index (κ3) is 2.38. The number of halogens is 1. The lowest BCUT2D eigenvalue weighted by Gasteiger charge is -2.04. The van der Waals surface area contributed by atoms with Crippen LogP contribution in [0.15, 0.2) is 9.85 Å². The standard InChI is InChI=1S/C10H11BrN4S/c1-5-9(11)10(12)15-8(13-5)3-7-4-16-6(2)14-7/h4H,3H2,1-2H3,(H2,12,13,15). The number of nitrogens with two attached hydrogens (primary N) is 1. The summed E-state index contributed by atoms with van der Waals surface area (Å²) < 4.78 is 0.769. The van der Waals surface area contributed by atoms with Crippen molar-refractivity contribution in [2.24, 2.45) is 0 Å². The van der Waals surface area contributed by atoms with Crippen molar-refractivity contribution in [2.75, 3.05) is 5.73 Å². The van der Waals surface area contributed by atoms with Crippen LogP contribution in [0.2, 0.25) is 0 Å². The van der Waals surface area contributed by atoms with Gasteiger partial charge in [-0.05, 0) is 29.8 Å². The molecule has 2 rings (SSSR count). The van der Waals surface area contributed by atoms with Gasteiger partial charge in [-0.15, -0.1) is 11.3 Å². The molecular weight excluding hydrogens is 288 g/mol. The quantitative estimate of drug-likeness (QED) is 0.925. The van der Waals surface area contributed by atoms with Gasteiger partial charge in [0.1, 0.15) is 11.6 Å². The maximum Gasteiger partial charge on any atom is 0.141 e. The summed E-state index contributed by atoms with van der Waals surface area (Å²) in [5.74, 6) is 1.19. The van der Waals surface area contributed by atoms with Crippen LogP contribution in [0.3, 0.4) is 0 Å². The number of aryl methyl sites for hydroxylation is 2. The first kappa shape index (κ1) is 11.5. The Morgan fingerprint density at radius 1 is 1.31 bits per heavy atom. The van der Waals surface area contributed by atoms with Crippen molar-refractivity contribution in [2.45, 2.75) is 20.3 Å². The molecule has 2 aromatic heterocycles. The fraction of sp³-hybridized carbons (Fsp3) is 0.300. The SMILES string of the molecule is Cc1nc(Cc2nc(C)c(Br)c(N)n2)cs1. The smallest absolute Gasteiger partial charge is 0.141 e. The van der Waals surface area contributed by atoms with E-state index in [2.05, 4.69) is 30.9 Å². The van der Waals surface area contributed by atoms with Gasteiger partial charge in [0.05, 0.1) is 27.3 Å². The number of hydrogen-bond acceptors (Lipinski definition) is 5. The highest BCUT2D eigenvalue weighted by atomic mass is 79.9. The highest BCUT2D eigenvalue weighted by Crippen LogP contribution is 2.21. The second-order valence-corrected chi connectivity index (χ2v) is 5.31. The van der Waals surface area contributed by atoms with Crippen molar-refractivity contribution in [3.8, 4) is 0 Å². The summed E-state index contributed by atoms with van der Waals surface area (Å²) in [6.45, 7) is 3.88. The molecule has 0 aliphatic carbocycles. The summed E-state index contributed by atoms with van der Waals surface area (Å²) >= 11 is 4.97. The molecule has 0 aromatic carbocycles. The highest BCUT2D eigenvalue weighted by molar-refractivity contribution is 9.10. The molecule has 0 unspecified atom stereocenters. The summed E-state index contributed by atoms with van der Waals surface area (Å²) in [5.41, 5.74) is 7.61. The second kappa shape index (κ2) is 4.47. The molecule has 2 N–H and O–H groups in total. The lowest BCUT2D eigenvalue weighted by atomic mass is 10.3. The third-order valence-electron chi connectivity index (χ3n) is 2.09. The van der Waals surface area contributed by atoms with Crippen LogP contribution in [0.4, 0.5) is 5.82 Å². The van der Waals surface area contributed by atoms with Crippen molar-refractivity contribution in [3.63, 3.8) is 0 Å². The van der Waals surface area contributed by atoms with E-state index in [0.29, 0.717) is 18.1 Å². The number of nitrogen functional groups attached to an aromatic ring is 1. The van der Waals surface area contributed by atoms with Gasteiger partial charge in [0.2, 0.25) is 0 Å². The Kier molecular flexibility index (Phi) is 3.20. The van der Waals surface area contributed by atoms with E-state index < -0.39 is 0 Å². The van der Waals surface area contributed by atoms with E-state index in [1.54, 1.807) is 11.3 Å². The lowest BCUT2D eigenvalue weighted by molar-refractivity contribution is 0.919. The van der Waals surface area contributed by atoms with Gasteiger partial charge in [-0.3, -0.25) is 0 Å². The van der Waals surface area contributed by atoms with Gasteiger partial charge in [0, 0.05) is 5.38 Å². The number of hydrogen-bond donors (Lipinski definition) is 1. The number of thiazole rings is 1. The first-order valence-corrected chi connectivity index (χ1v) is 6.43. The van der Waals surface area contributed by atoms with Crippen molar-refractivity contribution in [1.29, 1.82) is 0 Å². The second-order valence-electron chi connectivity index (χ2n) is 3.46. The molecule has 6 heteroatoms. The molecule has 0 aliphatic heterocycles. The van der Waals surface area contributed by atoms with Crippen LogP contribution in [0.5, 0.6) is 0 Å². The topological polar surface area (TPSA) is 64.7 Å². The Morgan fingerprint density at radius 2 is 2.06 bits per heavy atom. The molecule has 0 radical (unpaired) electrons.